The summed E-state index contributed by atoms with van der Waals surface area (Å²) in [4.78, 5) is 51.1. The number of ether oxygens (including phenoxy) is 3. The number of carbonyl (C=O) groups is 4. The smallest absolute Gasteiger partial charge is 0.469 e. The van der Waals surface area contributed by atoms with Crippen molar-refractivity contribution in [1.29, 1.82) is 0 Å². The van der Waals surface area contributed by atoms with Crippen LogP contribution in [0.1, 0.15) is 85.5 Å². The minimum atomic E-state index is -0.636. The number of rotatable bonds is 6. The largest absolute Gasteiger partial charge is 0.508 e. The first-order valence-corrected chi connectivity index (χ1v) is 13.5. The van der Waals surface area contributed by atoms with Gasteiger partial charge in [-0.05, 0) is 80.5 Å². The summed E-state index contributed by atoms with van der Waals surface area (Å²) in [6.07, 6.45) is 5.25. The van der Waals surface area contributed by atoms with Gasteiger partial charge in [-0.1, -0.05) is 20.8 Å². The van der Waals surface area contributed by atoms with Crippen molar-refractivity contribution in [2.75, 3.05) is 13.7 Å². The number of methoxy groups -OCH3 is 1. The van der Waals surface area contributed by atoms with Crippen molar-refractivity contribution in [2.45, 2.75) is 91.6 Å². The molecule has 4 rings (SSSR count). The van der Waals surface area contributed by atoms with Crippen LogP contribution in [0.2, 0.25) is 0 Å². The Labute approximate surface area is 209 Å². The molecule has 0 amide bonds. The van der Waals surface area contributed by atoms with E-state index in [-0.39, 0.29) is 59.6 Å². The fraction of sp³-hybridized carbons (Fsp3) is 0.857. The number of hydrogen-bond donors (Lipinski definition) is 0. The summed E-state index contributed by atoms with van der Waals surface area (Å²) in [5.74, 6) is 0.994. The van der Waals surface area contributed by atoms with Gasteiger partial charge in [0, 0.05) is 30.6 Å². The molecule has 0 spiro atoms. The zero-order chi connectivity index (χ0) is 25.5. The van der Waals surface area contributed by atoms with E-state index >= 15 is 0 Å². The van der Waals surface area contributed by atoms with Crippen LogP contribution in [0.15, 0.2) is 0 Å². The van der Waals surface area contributed by atoms with Crippen LogP contribution in [0, 0.1) is 46.3 Å². The Kier molecular flexibility index (Phi) is 7.36. The first-order chi connectivity index (χ1) is 16.6. The van der Waals surface area contributed by atoms with E-state index in [1.165, 1.54) is 7.11 Å². The fourth-order valence-electron chi connectivity index (χ4n) is 8.60. The highest BCUT2D eigenvalue weighted by molar-refractivity contribution is 5.92. The second-order valence-corrected chi connectivity index (χ2v) is 12.0. The molecule has 0 radical (unpaired) electrons. The predicted octanol–water partition coefficient (Wildman–Crippen LogP) is 5.13. The van der Waals surface area contributed by atoms with Gasteiger partial charge in [0.05, 0.1) is 13.7 Å². The molecule has 0 aromatic carbocycles. The number of carbonyl (C=O) groups excluding carboxylic acids is 4. The van der Waals surface area contributed by atoms with E-state index in [2.05, 4.69) is 20.8 Å². The molecule has 4 aliphatic carbocycles. The van der Waals surface area contributed by atoms with Crippen molar-refractivity contribution >= 4 is 23.7 Å². The summed E-state index contributed by atoms with van der Waals surface area (Å²) in [7, 11) is 1.41. The van der Waals surface area contributed by atoms with E-state index in [1.54, 1.807) is 6.92 Å². The van der Waals surface area contributed by atoms with Gasteiger partial charge < -0.3 is 14.2 Å². The van der Waals surface area contributed by atoms with E-state index in [0.717, 1.165) is 25.7 Å². The molecule has 196 valence electrons. The molecule has 7 nitrogen and oxygen atoms in total. The molecule has 7 heteroatoms. The first kappa shape index (κ1) is 26.2. The van der Waals surface area contributed by atoms with E-state index < -0.39 is 11.6 Å². The standard InChI is InChI=1S/C28H42O7/c1-6-34-26(32)35-18-11-12-27(3)17(13-18)14-22(29)25-20-9-8-19(16(2)7-10-24(31)33-5)28(20,4)23(30)15-21(25)27/h16-21,25H,6-15H2,1-5H3/t16-,17?,18?,19-,20+,21+,25+,27+,28-/m1/s1. The predicted molar refractivity (Wildman–Crippen MR) is 128 cm³/mol. The van der Waals surface area contributed by atoms with Gasteiger partial charge in [0.1, 0.15) is 17.7 Å². The summed E-state index contributed by atoms with van der Waals surface area (Å²) in [5.41, 5.74) is -0.599. The van der Waals surface area contributed by atoms with Crippen LogP contribution in [0.4, 0.5) is 4.79 Å². The van der Waals surface area contributed by atoms with Gasteiger partial charge in [-0.2, -0.15) is 0 Å². The highest BCUT2D eigenvalue weighted by Crippen LogP contribution is 2.66. The third-order valence-corrected chi connectivity index (χ3v) is 10.6. The molecule has 0 bridgehead atoms. The van der Waals surface area contributed by atoms with Gasteiger partial charge in [0.15, 0.2) is 0 Å². The van der Waals surface area contributed by atoms with Crippen LogP contribution in [0.25, 0.3) is 0 Å². The summed E-state index contributed by atoms with van der Waals surface area (Å²) in [5, 5.41) is 0. The van der Waals surface area contributed by atoms with Crippen LogP contribution in [0.5, 0.6) is 0 Å². The van der Waals surface area contributed by atoms with E-state index in [0.29, 0.717) is 43.7 Å². The summed E-state index contributed by atoms with van der Waals surface area (Å²) in [6.45, 7) is 8.55. The first-order valence-electron chi connectivity index (χ1n) is 13.5. The number of ketones is 2. The second kappa shape index (κ2) is 9.85. The highest BCUT2D eigenvalue weighted by Gasteiger charge is 2.66. The average Bonchev–Trinajstić information content (AvgIpc) is 3.17. The maximum atomic E-state index is 13.9. The molecular formula is C28H42O7. The molecule has 35 heavy (non-hydrogen) atoms. The second-order valence-electron chi connectivity index (χ2n) is 12.0. The molecule has 0 heterocycles. The SMILES string of the molecule is CCOC(=O)OC1CC[C@@]2(C)C(CC(=O)[C@H]3[C@@H]4CC[C@H]([C@H](C)CCC(=O)OC)[C@@]4(C)C(=O)C[C@@H]32)C1. The monoisotopic (exact) mass is 490 g/mol. The topological polar surface area (TPSA) is 96.0 Å². The average molecular weight is 491 g/mol. The Hall–Kier alpha value is -1.92. The maximum absolute atomic E-state index is 13.9. The number of Topliss-reactive ketones (excluding diaryl/α,β-unsaturated/α-hetero) is 2. The molecule has 4 fully saturated rings. The van der Waals surface area contributed by atoms with Crippen LogP contribution in [-0.2, 0) is 28.6 Å². The van der Waals surface area contributed by atoms with Crippen LogP contribution in [0.3, 0.4) is 0 Å². The number of hydrogen-bond acceptors (Lipinski definition) is 7. The van der Waals surface area contributed by atoms with Gasteiger partial charge in [-0.25, -0.2) is 4.79 Å². The lowest BCUT2D eigenvalue weighted by Crippen LogP contribution is -2.60. The zero-order valence-corrected chi connectivity index (χ0v) is 22.0. The van der Waals surface area contributed by atoms with Crippen molar-refractivity contribution in [3.63, 3.8) is 0 Å². The Balaban J connectivity index is 1.52. The Bertz CT molecular complexity index is 867. The minimum absolute atomic E-state index is 0.0620. The number of fused-ring (bicyclic) bond motifs is 5. The number of esters is 1. The molecule has 9 atom stereocenters. The lowest BCUT2D eigenvalue weighted by atomic mass is 9.43. The Morgan fingerprint density at radius 2 is 1.83 bits per heavy atom. The lowest BCUT2D eigenvalue weighted by molar-refractivity contribution is -0.169. The van der Waals surface area contributed by atoms with Gasteiger partial charge in [0.2, 0.25) is 0 Å². The van der Waals surface area contributed by atoms with Crippen molar-refractivity contribution in [1.82, 2.24) is 0 Å². The van der Waals surface area contributed by atoms with Crippen LogP contribution < -0.4 is 0 Å². The molecular weight excluding hydrogens is 448 g/mol. The van der Waals surface area contributed by atoms with Gasteiger partial charge in [-0.3, -0.25) is 14.4 Å². The normalized spacial score (nSPS) is 41.3. The molecule has 0 saturated heterocycles. The maximum Gasteiger partial charge on any atom is 0.508 e. The molecule has 4 aliphatic rings. The Morgan fingerprint density at radius 3 is 2.51 bits per heavy atom. The van der Waals surface area contributed by atoms with Crippen molar-refractivity contribution in [2.24, 2.45) is 46.3 Å². The fourth-order valence-corrected chi connectivity index (χ4v) is 8.60. The Morgan fingerprint density at radius 1 is 1.09 bits per heavy atom. The van der Waals surface area contributed by atoms with Crippen molar-refractivity contribution in [3.8, 4) is 0 Å². The molecule has 2 unspecified atom stereocenters. The van der Waals surface area contributed by atoms with Gasteiger partial charge in [0.25, 0.3) is 0 Å². The van der Waals surface area contributed by atoms with E-state index in [1.807, 2.05) is 0 Å². The lowest BCUT2D eigenvalue weighted by Gasteiger charge is -2.59. The highest BCUT2D eigenvalue weighted by atomic mass is 16.7. The quantitative estimate of drug-likeness (QED) is 0.476. The molecule has 4 saturated carbocycles. The molecule has 0 aliphatic heterocycles. The van der Waals surface area contributed by atoms with Crippen LogP contribution in [-0.4, -0.2) is 43.5 Å². The van der Waals surface area contributed by atoms with Crippen molar-refractivity contribution in [3.05, 3.63) is 0 Å². The zero-order valence-electron chi connectivity index (χ0n) is 22.0. The molecule has 0 aromatic rings. The summed E-state index contributed by atoms with van der Waals surface area (Å²) < 4.78 is 15.3. The van der Waals surface area contributed by atoms with Crippen LogP contribution >= 0.6 is 0 Å². The van der Waals surface area contributed by atoms with Gasteiger partial charge >= 0.3 is 12.1 Å². The third-order valence-electron chi connectivity index (χ3n) is 10.6. The third kappa shape index (κ3) is 4.42. The summed E-state index contributed by atoms with van der Waals surface area (Å²) >= 11 is 0. The summed E-state index contributed by atoms with van der Waals surface area (Å²) in [6, 6.07) is 0. The van der Waals surface area contributed by atoms with Gasteiger partial charge in [-0.15, -0.1) is 0 Å². The van der Waals surface area contributed by atoms with Crippen molar-refractivity contribution < 1.29 is 33.4 Å². The minimum Gasteiger partial charge on any atom is -0.469 e. The molecule has 0 N–H and O–H groups in total. The molecule has 0 aromatic heterocycles. The van der Waals surface area contributed by atoms with E-state index in [9.17, 15) is 19.2 Å². The van der Waals surface area contributed by atoms with E-state index in [4.69, 9.17) is 14.2 Å².